The van der Waals surface area contributed by atoms with Gasteiger partial charge in [0.25, 0.3) is 5.91 Å². The highest BCUT2D eigenvalue weighted by Crippen LogP contribution is 2.12. The van der Waals surface area contributed by atoms with Crippen LogP contribution in [0.1, 0.15) is 46.9 Å². The molecule has 5 nitrogen and oxygen atoms in total. The number of aromatic nitrogens is 1. The van der Waals surface area contributed by atoms with Crippen LogP contribution in [0.25, 0.3) is 0 Å². The van der Waals surface area contributed by atoms with Gasteiger partial charge < -0.3 is 15.5 Å². The zero-order valence-electron chi connectivity index (χ0n) is 12.4. The number of nitrogens with two attached hydrogens (primary N) is 1. The molecule has 1 amide bonds. The van der Waals surface area contributed by atoms with Gasteiger partial charge in [-0.25, -0.2) is 4.98 Å². The summed E-state index contributed by atoms with van der Waals surface area (Å²) in [5, 5.41) is 2.83. The van der Waals surface area contributed by atoms with Crippen LogP contribution in [0.4, 0.5) is 0 Å². The highest BCUT2D eigenvalue weighted by Gasteiger charge is 2.15. The fourth-order valence-electron chi connectivity index (χ4n) is 1.90. The highest BCUT2D eigenvalue weighted by atomic mass is 16.3. The van der Waals surface area contributed by atoms with Crippen molar-refractivity contribution in [2.75, 3.05) is 6.54 Å². The predicted molar refractivity (Wildman–Crippen MR) is 80.9 cm³/mol. The number of nitrogens with one attached hydrogen (secondary N) is 1. The third-order valence-electron chi connectivity index (χ3n) is 3.33. The largest absolute Gasteiger partial charge is 0.446 e. The maximum Gasteiger partial charge on any atom is 0.273 e. The van der Waals surface area contributed by atoms with E-state index in [4.69, 9.17) is 10.2 Å². The summed E-state index contributed by atoms with van der Waals surface area (Å²) in [5.74, 6) is 0.168. The number of oxazole rings is 1. The molecule has 5 heteroatoms. The van der Waals surface area contributed by atoms with Crippen molar-refractivity contribution in [1.29, 1.82) is 0 Å². The van der Waals surface area contributed by atoms with Gasteiger partial charge in [-0.15, -0.1) is 0 Å². The molecular formula is C16H21N3O2. The lowest BCUT2D eigenvalue weighted by Gasteiger charge is -2.04. The van der Waals surface area contributed by atoms with Gasteiger partial charge in [-0.05, 0) is 25.3 Å². The number of rotatable bonds is 6. The van der Waals surface area contributed by atoms with Crippen LogP contribution in [-0.2, 0) is 6.42 Å². The van der Waals surface area contributed by atoms with Crippen molar-refractivity contribution >= 4 is 5.91 Å². The minimum Gasteiger partial charge on any atom is -0.446 e. The summed E-state index contributed by atoms with van der Waals surface area (Å²) in [7, 11) is 0. The molecule has 1 heterocycles. The summed E-state index contributed by atoms with van der Waals surface area (Å²) in [6.07, 6.45) is 2.85. The molecule has 1 unspecified atom stereocenters. The standard InChI is InChI=1S/C16H21N3O2/c1-3-13(17)16-19-14(10-21-16)15(20)18-9-8-12-6-4-11(2)5-7-12/h4-7,10,13H,3,8-9,17H2,1-2H3,(H,18,20). The van der Waals surface area contributed by atoms with Crippen molar-refractivity contribution in [3.63, 3.8) is 0 Å². The van der Waals surface area contributed by atoms with Gasteiger partial charge in [0.15, 0.2) is 5.69 Å². The molecule has 3 N–H and O–H groups in total. The Morgan fingerprint density at radius 2 is 2.10 bits per heavy atom. The lowest BCUT2D eigenvalue weighted by atomic mass is 10.1. The Balaban J connectivity index is 1.84. The van der Waals surface area contributed by atoms with Crippen LogP contribution in [0.3, 0.4) is 0 Å². The molecule has 2 aromatic rings. The Morgan fingerprint density at radius 3 is 2.76 bits per heavy atom. The van der Waals surface area contributed by atoms with Gasteiger partial charge in [-0.1, -0.05) is 36.8 Å². The molecule has 2 rings (SSSR count). The van der Waals surface area contributed by atoms with E-state index in [1.54, 1.807) is 0 Å². The number of hydrogen-bond donors (Lipinski definition) is 2. The second kappa shape index (κ2) is 7.04. The molecule has 21 heavy (non-hydrogen) atoms. The Hall–Kier alpha value is -2.14. The Labute approximate surface area is 124 Å². The molecule has 112 valence electrons. The Bertz CT molecular complexity index is 590. The molecule has 0 aliphatic carbocycles. The van der Waals surface area contributed by atoms with E-state index in [9.17, 15) is 4.79 Å². The van der Waals surface area contributed by atoms with Crippen LogP contribution >= 0.6 is 0 Å². The third-order valence-corrected chi connectivity index (χ3v) is 3.33. The molecule has 0 spiro atoms. The van der Waals surface area contributed by atoms with Crippen LogP contribution in [0.15, 0.2) is 34.9 Å². The van der Waals surface area contributed by atoms with Crippen LogP contribution in [0.2, 0.25) is 0 Å². The summed E-state index contributed by atoms with van der Waals surface area (Å²) in [6.45, 7) is 4.55. The summed E-state index contributed by atoms with van der Waals surface area (Å²) in [6, 6.07) is 7.99. The normalized spacial score (nSPS) is 12.1. The number of benzene rings is 1. The summed E-state index contributed by atoms with van der Waals surface area (Å²) in [4.78, 5) is 16.1. The lowest BCUT2D eigenvalue weighted by Crippen LogP contribution is -2.26. The van der Waals surface area contributed by atoms with Gasteiger partial charge in [0.1, 0.15) is 6.26 Å². The second-order valence-electron chi connectivity index (χ2n) is 5.08. The first-order valence-corrected chi connectivity index (χ1v) is 7.15. The molecule has 0 saturated carbocycles. The molecule has 0 radical (unpaired) electrons. The zero-order valence-corrected chi connectivity index (χ0v) is 12.4. The van der Waals surface area contributed by atoms with Crippen molar-refractivity contribution in [3.8, 4) is 0 Å². The van der Waals surface area contributed by atoms with Crippen LogP contribution in [0.5, 0.6) is 0 Å². The molecule has 1 aromatic carbocycles. The topological polar surface area (TPSA) is 81.1 Å². The first-order chi connectivity index (χ1) is 10.1. The van der Waals surface area contributed by atoms with Crippen molar-refractivity contribution in [3.05, 3.63) is 53.2 Å². The fourth-order valence-corrected chi connectivity index (χ4v) is 1.90. The van der Waals surface area contributed by atoms with Crippen molar-refractivity contribution in [1.82, 2.24) is 10.3 Å². The first kappa shape index (κ1) is 15.3. The van der Waals surface area contributed by atoms with Gasteiger partial charge >= 0.3 is 0 Å². The van der Waals surface area contributed by atoms with E-state index in [-0.39, 0.29) is 17.6 Å². The van der Waals surface area contributed by atoms with E-state index in [0.717, 1.165) is 12.8 Å². The maximum absolute atomic E-state index is 11.9. The van der Waals surface area contributed by atoms with Gasteiger partial charge in [0.05, 0.1) is 6.04 Å². The summed E-state index contributed by atoms with van der Waals surface area (Å²) < 4.78 is 5.22. The number of nitrogens with zero attached hydrogens (tertiary/aromatic N) is 1. The van der Waals surface area contributed by atoms with Crippen molar-refractivity contribution in [2.24, 2.45) is 5.73 Å². The number of hydrogen-bond acceptors (Lipinski definition) is 4. The quantitative estimate of drug-likeness (QED) is 0.854. The molecule has 0 bridgehead atoms. The average molecular weight is 287 g/mol. The molecule has 1 atom stereocenters. The zero-order chi connectivity index (χ0) is 15.2. The summed E-state index contributed by atoms with van der Waals surface area (Å²) >= 11 is 0. The Kier molecular flexibility index (Phi) is 5.11. The number of carbonyl (C=O) groups is 1. The smallest absolute Gasteiger partial charge is 0.273 e. The number of carbonyl (C=O) groups excluding carboxylic acids is 1. The van der Waals surface area contributed by atoms with Gasteiger partial charge in [0, 0.05) is 6.54 Å². The molecule has 0 saturated heterocycles. The first-order valence-electron chi connectivity index (χ1n) is 7.15. The van der Waals surface area contributed by atoms with E-state index in [1.807, 2.05) is 6.92 Å². The minimum absolute atomic E-state index is 0.236. The van der Waals surface area contributed by atoms with Gasteiger partial charge in [-0.3, -0.25) is 4.79 Å². The van der Waals surface area contributed by atoms with Crippen molar-refractivity contribution < 1.29 is 9.21 Å². The molecular weight excluding hydrogens is 266 g/mol. The van der Waals surface area contributed by atoms with Crippen LogP contribution in [-0.4, -0.2) is 17.4 Å². The maximum atomic E-state index is 11.9. The van der Waals surface area contributed by atoms with Gasteiger partial charge in [-0.2, -0.15) is 0 Å². The second-order valence-corrected chi connectivity index (χ2v) is 5.08. The van der Waals surface area contributed by atoms with Crippen molar-refractivity contribution in [2.45, 2.75) is 32.7 Å². The summed E-state index contributed by atoms with van der Waals surface area (Å²) in [5.41, 5.74) is 8.50. The monoisotopic (exact) mass is 287 g/mol. The molecule has 0 aliphatic rings. The van der Waals surface area contributed by atoms with E-state index in [0.29, 0.717) is 12.4 Å². The van der Waals surface area contributed by atoms with E-state index in [1.165, 1.54) is 17.4 Å². The van der Waals surface area contributed by atoms with Crippen LogP contribution in [0, 0.1) is 6.92 Å². The predicted octanol–water partition coefficient (Wildman–Crippen LogP) is 2.37. The third kappa shape index (κ3) is 4.16. The lowest BCUT2D eigenvalue weighted by molar-refractivity contribution is 0.0949. The van der Waals surface area contributed by atoms with Crippen LogP contribution < -0.4 is 11.1 Å². The number of amides is 1. The molecule has 1 aromatic heterocycles. The highest BCUT2D eigenvalue weighted by molar-refractivity contribution is 5.91. The van der Waals surface area contributed by atoms with E-state index >= 15 is 0 Å². The molecule has 0 aliphatic heterocycles. The van der Waals surface area contributed by atoms with Gasteiger partial charge in [0.2, 0.25) is 5.89 Å². The van der Waals surface area contributed by atoms with E-state index < -0.39 is 0 Å². The van der Waals surface area contributed by atoms with E-state index in [2.05, 4.69) is 41.5 Å². The fraction of sp³-hybridized carbons (Fsp3) is 0.375. The average Bonchev–Trinajstić information content (AvgIpc) is 2.98. The number of aryl methyl sites for hydroxylation is 1. The minimum atomic E-state index is -0.265. The molecule has 0 fully saturated rings. The Morgan fingerprint density at radius 1 is 1.38 bits per heavy atom. The SMILES string of the molecule is CCC(N)c1nc(C(=O)NCCc2ccc(C)cc2)co1.